The molecule has 1 unspecified atom stereocenters. The molecule has 0 aromatic heterocycles. The molecule has 2 N–H and O–H groups in total. The number of carboxylic acid groups (broad SMARTS) is 1. The van der Waals surface area contributed by atoms with Crippen LogP contribution in [0, 0.1) is 12.3 Å². The Labute approximate surface area is 106 Å². The van der Waals surface area contributed by atoms with E-state index in [2.05, 4.69) is 11.2 Å². The molecule has 94 valence electrons. The Kier molecular flexibility index (Phi) is 4.94. The normalized spacial score (nSPS) is 11.3. The summed E-state index contributed by atoms with van der Waals surface area (Å²) in [7, 11) is 0. The van der Waals surface area contributed by atoms with Crippen LogP contribution in [0.25, 0.3) is 0 Å². The Morgan fingerprint density at radius 2 is 2.11 bits per heavy atom. The molecule has 0 aliphatic heterocycles. The largest absolute Gasteiger partial charge is 0.480 e. The molecule has 1 rings (SSSR count). The van der Waals surface area contributed by atoms with Gasteiger partial charge in [0.2, 0.25) is 0 Å². The van der Waals surface area contributed by atoms with Crippen LogP contribution < -0.4 is 5.32 Å². The average Bonchev–Trinajstić information content (AvgIpc) is 2.37. The predicted molar refractivity (Wildman–Crippen MR) is 68.2 cm³/mol. The summed E-state index contributed by atoms with van der Waals surface area (Å²) in [5, 5.41) is 11.3. The number of rotatable bonds is 5. The summed E-state index contributed by atoms with van der Waals surface area (Å²) in [5.41, 5.74) is 1.36. The quantitative estimate of drug-likeness (QED) is 0.772. The standard InChI is InChI=1S/C14H15NO3/c1-3-7-12(14(17)18)15-13(16)11-9-6-5-8-10(11)4-2/h1,5-6,8-9,12H,4,7H2,2H3,(H,15,16)(H,17,18). The molecule has 1 aromatic rings. The molecule has 18 heavy (non-hydrogen) atoms. The van der Waals surface area contributed by atoms with Crippen molar-refractivity contribution in [3.05, 3.63) is 35.4 Å². The van der Waals surface area contributed by atoms with Gasteiger partial charge in [-0.3, -0.25) is 4.79 Å². The third-order valence-electron chi connectivity index (χ3n) is 2.57. The van der Waals surface area contributed by atoms with Crippen LogP contribution in [-0.4, -0.2) is 23.0 Å². The van der Waals surface area contributed by atoms with Crippen LogP contribution in [-0.2, 0) is 11.2 Å². The number of carbonyl (C=O) groups excluding carboxylic acids is 1. The zero-order valence-electron chi connectivity index (χ0n) is 10.1. The minimum absolute atomic E-state index is 0.0324. The van der Waals surface area contributed by atoms with E-state index in [1.54, 1.807) is 12.1 Å². The van der Waals surface area contributed by atoms with E-state index in [0.717, 1.165) is 5.56 Å². The van der Waals surface area contributed by atoms with Gasteiger partial charge in [0, 0.05) is 12.0 Å². The van der Waals surface area contributed by atoms with E-state index >= 15 is 0 Å². The highest BCUT2D eigenvalue weighted by Crippen LogP contribution is 2.09. The maximum absolute atomic E-state index is 12.0. The van der Waals surface area contributed by atoms with E-state index in [1.165, 1.54) is 0 Å². The number of hydrogen-bond acceptors (Lipinski definition) is 2. The number of aryl methyl sites for hydroxylation is 1. The molecule has 1 amide bonds. The Morgan fingerprint density at radius 1 is 1.44 bits per heavy atom. The van der Waals surface area contributed by atoms with Crippen LogP contribution in [0.1, 0.15) is 29.3 Å². The van der Waals surface area contributed by atoms with Gasteiger partial charge < -0.3 is 10.4 Å². The van der Waals surface area contributed by atoms with Crippen LogP contribution in [0.15, 0.2) is 24.3 Å². The molecular weight excluding hydrogens is 230 g/mol. The Hall–Kier alpha value is -2.28. The van der Waals surface area contributed by atoms with Crippen molar-refractivity contribution >= 4 is 11.9 Å². The zero-order valence-corrected chi connectivity index (χ0v) is 10.1. The third kappa shape index (κ3) is 3.36. The molecule has 1 atom stereocenters. The maximum atomic E-state index is 12.0. The predicted octanol–water partition coefficient (Wildman–Crippen LogP) is 1.46. The summed E-state index contributed by atoms with van der Waals surface area (Å²) in [6.07, 6.45) is 5.75. The van der Waals surface area contributed by atoms with E-state index in [9.17, 15) is 9.59 Å². The topological polar surface area (TPSA) is 66.4 Å². The fraction of sp³-hybridized carbons (Fsp3) is 0.286. The Balaban J connectivity index is 2.87. The summed E-state index contributed by atoms with van der Waals surface area (Å²) in [5.74, 6) is 0.702. The summed E-state index contributed by atoms with van der Waals surface area (Å²) in [4.78, 5) is 22.9. The van der Waals surface area contributed by atoms with E-state index < -0.39 is 17.9 Å². The average molecular weight is 245 g/mol. The monoisotopic (exact) mass is 245 g/mol. The molecule has 0 aliphatic carbocycles. The van der Waals surface area contributed by atoms with E-state index in [-0.39, 0.29) is 6.42 Å². The Morgan fingerprint density at radius 3 is 2.67 bits per heavy atom. The van der Waals surface area contributed by atoms with E-state index in [0.29, 0.717) is 12.0 Å². The van der Waals surface area contributed by atoms with Crippen molar-refractivity contribution in [2.75, 3.05) is 0 Å². The second-order valence-corrected chi connectivity index (χ2v) is 3.78. The molecule has 0 aliphatic rings. The molecule has 0 saturated heterocycles. The first-order valence-electron chi connectivity index (χ1n) is 5.65. The Bertz CT molecular complexity index is 488. The van der Waals surface area contributed by atoms with Crippen molar-refractivity contribution in [2.45, 2.75) is 25.8 Å². The van der Waals surface area contributed by atoms with Crippen LogP contribution in [0.2, 0.25) is 0 Å². The van der Waals surface area contributed by atoms with Gasteiger partial charge in [0.25, 0.3) is 5.91 Å². The van der Waals surface area contributed by atoms with Gasteiger partial charge in [-0.1, -0.05) is 25.1 Å². The molecule has 0 fully saturated rings. The van der Waals surface area contributed by atoms with Gasteiger partial charge in [0.05, 0.1) is 0 Å². The SMILES string of the molecule is C#CCC(NC(=O)c1ccccc1CC)C(=O)O. The van der Waals surface area contributed by atoms with Crippen molar-refractivity contribution in [1.82, 2.24) is 5.32 Å². The fourth-order valence-corrected chi connectivity index (χ4v) is 1.60. The number of carboxylic acids is 1. The molecule has 0 heterocycles. The van der Waals surface area contributed by atoms with E-state index in [1.807, 2.05) is 19.1 Å². The molecular formula is C14H15NO3. The number of benzene rings is 1. The summed E-state index contributed by atoms with van der Waals surface area (Å²) >= 11 is 0. The highest BCUT2D eigenvalue weighted by molar-refractivity contribution is 5.97. The first-order valence-corrected chi connectivity index (χ1v) is 5.65. The highest BCUT2D eigenvalue weighted by atomic mass is 16.4. The van der Waals surface area contributed by atoms with Crippen molar-refractivity contribution < 1.29 is 14.7 Å². The molecule has 0 saturated carbocycles. The second kappa shape index (κ2) is 6.45. The number of nitrogens with one attached hydrogen (secondary N) is 1. The molecule has 0 spiro atoms. The van der Waals surface area contributed by atoms with Gasteiger partial charge in [-0.25, -0.2) is 4.79 Å². The third-order valence-corrected chi connectivity index (χ3v) is 2.57. The van der Waals surface area contributed by atoms with Gasteiger partial charge in [0.15, 0.2) is 0 Å². The molecule has 4 nitrogen and oxygen atoms in total. The van der Waals surface area contributed by atoms with Crippen molar-refractivity contribution in [3.63, 3.8) is 0 Å². The lowest BCUT2D eigenvalue weighted by Gasteiger charge is -2.13. The van der Waals surface area contributed by atoms with Gasteiger partial charge in [-0.05, 0) is 18.1 Å². The molecule has 1 aromatic carbocycles. The van der Waals surface area contributed by atoms with Crippen LogP contribution in [0.4, 0.5) is 0 Å². The van der Waals surface area contributed by atoms with E-state index in [4.69, 9.17) is 11.5 Å². The molecule has 0 bridgehead atoms. The molecule has 4 heteroatoms. The first-order chi connectivity index (χ1) is 8.60. The second-order valence-electron chi connectivity index (χ2n) is 3.78. The lowest BCUT2D eigenvalue weighted by Crippen LogP contribution is -2.40. The minimum atomic E-state index is -1.13. The number of carbonyl (C=O) groups is 2. The van der Waals surface area contributed by atoms with Gasteiger partial charge in [-0.2, -0.15) is 0 Å². The summed E-state index contributed by atoms with van der Waals surface area (Å²) in [6.45, 7) is 1.93. The van der Waals surface area contributed by atoms with Crippen molar-refractivity contribution in [2.24, 2.45) is 0 Å². The van der Waals surface area contributed by atoms with Gasteiger partial charge in [0.1, 0.15) is 6.04 Å². The van der Waals surface area contributed by atoms with Crippen LogP contribution in [0.5, 0.6) is 0 Å². The van der Waals surface area contributed by atoms with Crippen LogP contribution >= 0.6 is 0 Å². The first kappa shape index (κ1) is 13.8. The lowest BCUT2D eigenvalue weighted by molar-refractivity contribution is -0.139. The van der Waals surface area contributed by atoms with Gasteiger partial charge >= 0.3 is 5.97 Å². The number of aliphatic carboxylic acids is 1. The number of hydrogen-bond donors (Lipinski definition) is 2. The van der Waals surface area contributed by atoms with Gasteiger partial charge in [-0.15, -0.1) is 12.3 Å². The van der Waals surface area contributed by atoms with Crippen molar-refractivity contribution in [3.8, 4) is 12.3 Å². The minimum Gasteiger partial charge on any atom is -0.480 e. The van der Waals surface area contributed by atoms with Crippen molar-refractivity contribution in [1.29, 1.82) is 0 Å². The number of terminal acetylenes is 1. The smallest absolute Gasteiger partial charge is 0.327 e. The fourth-order valence-electron chi connectivity index (χ4n) is 1.60. The van der Waals surface area contributed by atoms with Crippen LogP contribution in [0.3, 0.4) is 0 Å². The number of amides is 1. The zero-order chi connectivity index (χ0) is 13.5. The molecule has 0 radical (unpaired) electrons. The lowest BCUT2D eigenvalue weighted by atomic mass is 10.0. The summed E-state index contributed by atoms with van der Waals surface area (Å²) < 4.78 is 0. The highest BCUT2D eigenvalue weighted by Gasteiger charge is 2.20. The maximum Gasteiger partial charge on any atom is 0.327 e. The summed E-state index contributed by atoms with van der Waals surface area (Å²) in [6, 6.07) is 6.04.